The minimum atomic E-state index is -5.01. The molecule has 47 heavy (non-hydrogen) atoms. The molecule has 0 amide bonds. The van der Waals surface area contributed by atoms with E-state index in [2.05, 4.69) is 9.97 Å². The summed E-state index contributed by atoms with van der Waals surface area (Å²) in [7, 11) is 1.39. The number of ether oxygens (including phenoxy) is 1. The van der Waals surface area contributed by atoms with E-state index in [4.69, 9.17) is 51.1 Å². The molecule has 0 radical (unpaired) electrons. The van der Waals surface area contributed by atoms with Crippen molar-refractivity contribution < 1.29 is 46.4 Å². The summed E-state index contributed by atoms with van der Waals surface area (Å²) in [6.45, 7) is 2.41. The molecule has 4 atom stereocenters. The molecule has 0 bridgehead atoms. The Hall–Kier alpha value is -3.00. The third kappa shape index (κ3) is 8.01. The van der Waals surface area contributed by atoms with Crippen molar-refractivity contribution in [3.63, 3.8) is 0 Å². The predicted octanol–water partition coefficient (Wildman–Crippen LogP) is 9.60. The first-order valence-corrected chi connectivity index (χ1v) is 14.8. The summed E-state index contributed by atoms with van der Waals surface area (Å²) in [4.78, 5) is 7.27. The molecular weight excluding hydrogens is 720 g/mol. The zero-order valence-electron chi connectivity index (χ0n) is 24.5. The topological polar surface area (TPSA) is 95.7 Å². The summed E-state index contributed by atoms with van der Waals surface area (Å²) in [5.74, 6) is -2.84. The van der Waals surface area contributed by atoms with E-state index in [0.717, 1.165) is 42.7 Å². The van der Waals surface area contributed by atoms with Gasteiger partial charge in [0.2, 0.25) is 0 Å². The minimum Gasteiger partial charge on any atom is -0.508 e. The van der Waals surface area contributed by atoms with Crippen LogP contribution in [0.2, 0.25) is 20.4 Å². The van der Waals surface area contributed by atoms with Gasteiger partial charge in [0.15, 0.2) is 11.2 Å². The van der Waals surface area contributed by atoms with Gasteiger partial charge in [-0.25, -0.2) is 9.97 Å². The van der Waals surface area contributed by atoms with Crippen LogP contribution in [0.4, 0.5) is 26.3 Å². The molecule has 0 aliphatic carbocycles. The van der Waals surface area contributed by atoms with Gasteiger partial charge in [0, 0.05) is 34.3 Å². The molecule has 0 aliphatic rings. The van der Waals surface area contributed by atoms with Crippen LogP contribution in [-0.2, 0) is 11.2 Å². The highest BCUT2D eigenvalue weighted by Crippen LogP contribution is 2.51. The van der Waals surface area contributed by atoms with Crippen molar-refractivity contribution in [2.75, 3.05) is 7.11 Å². The summed E-state index contributed by atoms with van der Waals surface area (Å²) < 4.78 is 87.4. The van der Waals surface area contributed by atoms with Crippen LogP contribution in [0.1, 0.15) is 47.9 Å². The fourth-order valence-electron chi connectivity index (χ4n) is 4.89. The summed E-state index contributed by atoms with van der Waals surface area (Å²) in [5, 5.41) is 30.4. The largest absolute Gasteiger partial charge is 0.508 e. The van der Waals surface area contributed by atoms with E-state index in [9.17, 15) is 41.7 Å². The first-order chi connectivity index (χ1) is 21.7. The molecule has 254 valence electrons. The number of pyridine rings is 2. The van der Waals surface area contributed by atoms with Crippen molar-refractivity contribution in [2.24, 2.45) is 0 Å². The molecule has 4 rings (SSSR count). The van der Waals surface area contributed by atoms with E-state index in [-0.39, 0.29) is 37.2 Å². The number of benzene rings is 2. The number of methoxy groups -OCH3 is 1. The molecule has 0 aliphatic heterocycles. The number of nitrogens with zero attached hydrogens (tertiary/aromatic N) is 2. The van der Waals surface area contributed by atoms with Gasteiger partial charge in [-0.05, 0) is 82.9 Å². The van der Waals surface area contributed by atoms with E-state index >= 15 is 0 Å². The average molecular weight is 746 g/mol. The summed E-state index contributed by atoms with van der Waals surface area (Å²) in [5.41, 5.74) is -7.27. The van der Waals surface area contributed by atoms with Crippen LogP contribution >= 0.6 is 46.4 Å². The second-order valence-corrected chi connectivity index (χ2v) is 11.9. The van der Waals surface area contributed by atoms with E-state index in [0.29, 0.717) is 5.75 Å². The summed E-state index contributed by atoms with van der Waals surface area (Å²) in [6.07, 6.45) is -7.80. The Labute approximate surface area is 285 Å². The van der Waals surface area contributed by atoms with Crippen LogP contribution in [0.3, 0.4) is 0 Å². The lowest BCUT2D eigenvalue weighted by molar-refractivity contribution is -0.274. The number of aliphatic hydroxyl groups is 2. The average Bonchev–Trinajstić information content (AvgIpc) is 3.00. The van der Waals surface area contributed by atoms with Gasteiger partial charge in [-0.1, -0.05) is 60.3 Å². The van der Waals surface area contributed by atoms with Gasteiger partial charge >= 0.3 is 12.4 Å². The van der Waals surface area contributed by atoms with Crippen molar-refractivity contribution in [1.82, 2.24) is 9.97 Å². The molecule has 0 saturated carbocycles. The smallest absolute Gasteiger partial charge is 0.422 e. The number of alkyl halides is 6. The lowest BCUT2D eigenvalue weighted by Crippen LogP contribution is -2.46. The molecule has 2 aromatic carbocycles. The molecule has 4 aromatic rings. The lowest BCUT2D eigenvalue weighted by atomic mass is 9.78. The van der Waals surface area contributed by atoms with Crippen LogP contribution in [0, 0.1) is 0 Å². The molecule has 2 heterocycles. The highest BCUT2D eigenvalue weighted by Gasteiger charge is 2.60. The van der Waals surface area contributed by atoms with Gasteiger partial charge in [0.25, 0.3) is 0 Å². The maximum Gasteiger partial charge on any atom is 0.422 e. The first-order valence-electron chi connectivity index (χ1n) is 13.3. The molecule has 6 nitrogen and oxygen atoms in total. The number of hydrogen-bond donors (Lipinski definition) is 3. The maximum atomic E-state index is 13.8. The van der Waals surface area contributed by atoms with E-state index in [1.807, 2.05) is 0 Å². The number of hydrogen-bond acceptors (Lipinski definition) is 6. The number of phenols is 1. The lowest BCUT2D eigenvalue weighted by Gasteiger charge is -2.37. The van der Waals surface area contributed by atoms with E-state index in [1.54, 1.807) is 0 Å². The third-order valence-corrected chi connectivity index (χ3v) is 8.67. The molecule has 16 heteroatoms. The molecule has 2 aromatic heterocycles. The number of halogens is 10. The van der Waals surface area contributed by atoms with Gasteiger partial charge in [0.1, 0.15) is 21.8 Å². The summed E-state index contributed by atoms with van der Waals surface area (Å²) in [6, 6.07) is 11.9. The number of rotatable bonds is 7. The molecular formula is C31H26Cl4F6N2O4. The van der Waals surface area contributed by atoms with Crippen LogP contribution in [0.25, 0.3) is 0 Å². The fraction of sp³-hybridized carbons (Fsp3) is 0.290. The van der Waals surface area contributed by atoms with Crippen LogP contribution in [0.15, 0.2) is 73.1 Å². The van der Waals surface area contributed by atoms with Gasteiger partial charge in [-0.15, -0.1) is 0 Å². The molecule has 0 saturated heterocycles. The zero-order chi connectivity index (χ0) is 35.5. The molecule has 0 fully saturated rings. The Bertz CT molecular complexity index is 1710. The Morgan fingerprint density at radius 2 is 1.04 bits per heavy atom. The Balaban J connectivity index is 0.000000256. The number of aromatic hydroxyl groups is 1. The molecule has 3 N–H and O–H groups in total. The summed E-state index contributed by atoms with van der Waals surface area (Å²) >= 11 is 23.3. The van der Waals surface area contributed by atoms with Crippen molar-refractivity contribution in [3.05, 3.63) is 116 Å². The van der Waals surface area contributed by atoms with Gasteiger partial charge in [-0.3, -0.25) is 0 Å². The highest BCUT2D eigenvalue weighted by molar-refractivity contribution is 6.32. The fourth-order valence-corrected chi connectivity index (χ4v) is 5.80. The Morgan fingerprint density at radius 3 is 1.43 bits per heavy atom. The quantitative estimate of drug-likeness (QED) is 0.129. The van der Waals surface area contributed by atoms with E-state index < -0.39 is 46.5 Å². The second kappa shape index (κ2) is 14.6. The first kappa shape index (κ1) is 38.4. The van der Waals surface area contributed by atoms with Crippen molar-refractivity contribution in [2.45, 2.75) is 49.2 Å². The van der Waals surface area contributed by atoms with Crippen molar-refractivity contribution in [1.29, 1.82) is 0 Å². The monoisotopic (exact) mass is 744 g/mol. The standard InChI is InChI=1S/C16H14Cl2F3NO2.C15H12Cl2F3NO2/c1-9(12-8-11(24-2)3-4-13(12)17)15(23,16(19,20)21)10-5-6-22-14(18)7-10;1-8(11-7-10(22)2-3-12(11)16)14(23,15(18,19)20)9-4-5-21-13(17)6-9/h3-9,23H,1-2H3;2-8,22-23H,1H3. The van der Waals surface area contributed by atoms with Crippen LogP contribution < -0.4 is 4.74 Å². The highest BCUT2D eigenvalue weighted by atomic mass is 35.5. The van der Waals surface area contributed by atoms with E-state index in [1.165, 1.54) is 51.3 Å². The minimum absolute atomic E-state index is 0.00173. The normalized spacial score (nSPS) is 15.8. The van der Waals surface area contributed by atoms with Crippen LogP contribution in [-0.4, -0.2) is 44.7 Å². The van der Waals surface area contributed by atoms with Gasteiger partial charge in [-0.2, -0.15) is 26.3 Å². The Morgan fingerprint density at radius 1 is 0.638 bits per heavy atom. The van der Waals surface area contributed by atoms with Crippen molar-refractivity contribution in [3.8, 4) is 11.5 Å². The molecule has 0 spiro atoms. The predicted molar refractivity (Wildman–Crippen MR) is 166 cm³/mol. The number of aromatic nitrogens is 2. The Kier molecular flexibility index (Phi) is 12.0. The maximum absolute atomic E-state index is 13.8. The second-order valence-electron chi connectivity index (χ2n) is 10.3. The zero-order valence-corrected chi connectivity index (χ0v) is 27.5. The molecule has 4 unspecified atom stereocenters. The SMILES string of the molecule is CC(c1cc(O)ccc1Cl)C(O)(c1ccnc(Cl)c1)C(F)(F)F.COc1ccc(Cl)c(C(C)C(O)(c2ccnc(Cl)c2)C(F)(F)F)c1. The van der Waals surface area contributed by atoms with Gasteiger partial charge < -0.3 is 20.1 Å². The van der Waals surface area contributed by atoms with Crippen molar-refractivity contribution >= 4 is 46.4 Å². The third-order valence-electron chi connectivity index (χ3n) is 7.57. The van der Waals surface area contributed by atoms with Crippen LogP contribution in [0.5, 0.6) is 11.5 Å². The van der Waals surface area contributed by atoms with Gasteiger partial charge in [0.05, 0.1) is 7.11 Å². The number of phenolic OH excluding ortho intramolecular Hbond substituents is 1.